The molecule has 0 saturated carbocycles. The minimum Gasteiger partial charge on any atom is -0.311 e. The summed E-state index contributed by atoms with van der Waals surface area (Å²) in [6.07, 6.45) is -1.95. The van der Waals surface area contributed by atoms with E-state index in [-0.39, 0.29) is 12.5 Å². The van der Waals surface area contributed by atoms with Crippen LogP contribution in [0.2, 0.25) is 0 Å². The molecule has 0 fully saturated rings. The summed E-state index contributed by atoms with van der Waals surface area (Å²) in [5.74, 6) is 0. The van der Waals surface area contributed by atoms with Gasteiger partial charge in [-0.1, -0.05) is 24.3 Å². The molecule has 1 aliphatic carbocycles. The molecule has 0 heterocycles. The van der Waals surface area contributed by atoms with Crippen molar-refractivity contribution < 1.29 is 13.2 Å². The Hall–Kier alpha value is -1.03. The highest BCUT2D eigenvalue weighted by molar-refractivity contribution is 5.33. The second-order valence-corrected chi connectivity index (χ2v) is 5.45. The van der Waals surface area contributed by atoms with Crippen LogP contribution in [0.1, 0.15) is 37.3 Å². The quantitative estimate of drug-likeness (QED) is 0.857. The molecule has 0 amide bonds. The second-order valence-electron chi connectivity index (χ2n) is 5.45. The van der Waals surface area contributed by atoms with Gasteiger partial charge in [0.15, 0.2) is 0 Å². The molecule has 0 aromatic heterocycles. The minimum absolute atomic E-state index is 0.140. The number of hydrogen-bond donors (Lipinski definition) is 1. The molecular weight excluding hydrogens is 251 g/mol. The molecule has 0 bridgehead atoms. The van der Waals surface area contributed by atoms with Gasteiger partial charge in [0.1, 0.15) is 0 Å². The Morgan fingerprint density at radius 1 is 1.21 bits per heavy atom. The summed E-state index contributed by atoms with van der Waals surface area (Å²) >= 11 is 0. The largest absolute Gasteiger partial charge is 0.389 e. The van der Waals surface area contributed by atoms with E-state index in [0.29, 0.717) is 12.5 Å². The van der Waals surface area contributed by atoms with Gasteiger partial charge in [-0.3, -0.25) is 0 Å². The zero-order valence-electron chi connectivity index (χ0n) is 11.1. The van der Waals surface area contributed by atoms with Crippen LogP contribution in [0.25, 0.3) is 0 Å². The van der Waals surface area contributed by atoms with E-state index in [0.717, 1.165) is 12.8 Å². The summed E-state index contributed by atoms with van der Waals surface area (Å²) in [5.41, 5.74) is 2.73. The van der Waals surface area contributed by atoms with Crippen molar-refractivity contribution in [2.24, 2.45) is 0 Å². The molecule has 1 N–H and O–H groups in total. The third-order valence-corrected chi connectivity index (χ3v) is 3.67. The number of rotatable bonds is 5. The standard InChI is InChI=1S/C15H20F3N/c1-11(5-4-8-15(16,17)18)19-14-9-12-6-2-3-7-13(12)10-14/h2-3,6-7,11,14,19H,4-5,8-10H2,1H3. The highest BCUT2D eigenvalue weighted by Crippen LogP contribution is 2.24. The van der Waals surface area contributed by atoms with Gasteiger partial charge in [0, 0.05) is 18.5 Å². The van der Waals surface area contributed by atoms with E-state index in [1.54, 1.807) is 0 Å². The monoisotopic (exact) mass is 271 g/mol. The lowest BCUT2D eigenvalue weighted by molar-refractivity contribution is -0.135. The molecular formula is C15H20F3N. The molecule has 1 aliphatic rings. The molecule has 2 rings (SSSR count). The Morgan fingerprint density at radius 2 is 1.79 bits per heavy atom. The number of hydrogen-bond acceptors (Lipinski definition) is 1. The van der Waals surface area contributed by atoms with Crippen molar-refractivity contribution in [2.45, 2.75) is 57.3 Å². The van der Waals surface area contributed by atoms with E-state index in [1.165, 1.54) is 11.1 Å². The third kappa shape index (κ3) is 4.53. The van der Waals surface area contributed by atoms with Crippen molar-refractivity contribution in [1.82, 2.24) is 5.32 Å². The van der Waals surface area contributed by atoms with E-state index in [9.17, 15) is 13.2 Å². The van der Waals surface area contributed by atoms with E-state index >= 15 is 0 Å². The first-order chi connectivity index (χ1) is 8.94. The van der Waals surface area contributed by atoms with E-state index in [2.05, 4.69) is 17.4 Å². The van der Waals surface area contributed by atoms with Gasteiger partial charge in [-0.15, -0.1) is 0 Å². The van der Waals surface area contributed by atoms with Crippen LogP contribution in [0.3, 0.4) is 0 Å². The maximum atomic E-state index is 12.1. The third-order valence-electron chi connectivity index (χ3n) is 3.67. The first kappa shape index (κ1) is 14.4. The summed E-state index contributed by atoms with van der Waals surface area (Å²) in [7, 11) is 0. The molecule has 1 aromatic carbocycles. The fourth-order valence-corrected chi connectivity index (χ4v) is 2.77. The van der Waals surface area contributed by atoms with E-state index < -0.39 is 12.6 Å². The molecule has 1 nitrogen and oxygen atoms in total. The molecule has 0 radical (unpaired) electrons. The van der Waals surface area contributed by atoms with Crippen LogP contribution in [-0.4, -0.2) is 18.3 Å². The molecule has 1 unspecified atom stereocenters. The normalized spacial score (nSPS) is 17.5. The van der Waals surface area contributed by atoms with Crippen LogP contribution in [0.15, 0.2) is 24.3 Å². The zero-order valence-corrected chi connectivity index (χ0v) is 11.1. The topological polar surface area (TPSA) is 12.0 Å². The molecule has 0 saturated heterocycles. The smallest absolute Gasteiger partial charge is 0.311 e. The zero-order chi connectivity index (χ0) is 13.9. The van der Waals surface area contributed by atoms with Crippen LogP contribution < -0.4 is 5.32 Å². The SMILES string of the molecule is CC(CCCC(F)(F)F)NC1Cc2ccccc2C1. The lowest BCUT2D eigenvalue weighted by Gasteiger charge is -2.19. The van der Waals surface area contributed by atoms with Gasteiger partial charge in [-0.2, -0.15) is 13.2 Å². The van der Waals surface area contributed by atoms with Crippen molar-refractivity contribution in [2.75, 3.05) is 0 Å². The number of halogens is 3. The summed E-state index contributed by atoms with van der Waals surface area (Å²) < 4.78 is 36.2. The van der Waals surface area contributed by atoms with Crippen LogP contribution in [0.5, 0.6) is 0 Å². The predicted octanol–water partition coefficient (Wildman–Crippen LogP) is 3.86. The maximum Gasteiger partial charge on any atom is 0.389 e. The summed E-state index contributed by atoms with van der Waals surface area (Å²) in [6.45, 7) is 1.97. The minimum atomic E-state index is -4.02. The molecule has 0 aliphatic heterocycles. The number of fused-ring (bicyclic) bond motifs is 1. The number of nitrogens with one attached hydrogen (secondary N) is 1. The molecule has 1 aromatic rings. The molecule has 106 valence electrons. The average Bonchev–Trinajstić information content (AvgIpc) is 2.68. The van der Waals surface area contributed by atoms with Crippen molar-refractivity contribution in [1.29, 1.82) is 0 Å². The average molecular weight is 271 g/mol. The summed E-state index contributed by atoms with van der Waals surface area (Å²) in [4.78, 5) is 0. The van der Waals surface area contributed by atoms with Crippen LogP contribution in [-0.2, 0) is 12.8 Å². The van der Waals surface area contributed by atoms with Crippen molar-refractivity contribution >= 4 is 0 Å². The lowest BCUT2D eigenvalue weighted by Crippen LogP contribution is -2.37. The predicted molar refractivity (Wildman–Crippen MR) is 70.1 cm³/mol. The van der Waals surface area contributed by atoms with Gasteiger partial charge in [-0.05, 0) is 43.7 Å². The molecule has 1 atom stereocenters. The van der Waals surface area contributed by atoms with Gasteiger partial charge in [0.25, 0.3) is 0 Å². The Bertz CT molecular complexity index is 389. The fraction of sp³-hybridized carbons (Fsp3) is 0.600. The van der Waals surface area contributed by atoms with Crippen LogP contribution in [0.4, 0.5) is 13.2 Å². The van der Waals surface area contributed by atoms with Crippen LogP contribution >= 0.6 is 0 Å². The van der Waals surface area contributed by atoms with Crippen molar-refractivity contribution in [3.05, 3.63) is 35.4 Å². The Morgan fingerprint density at radius 3 is 2.32 bits per heavy atom. The van der Waals surface area contributed by atoms with Gasteiger partial charge in [0.2, 0.25) is 0 Å². The first-order valence-corrected chi connectivity index (χ1v) is 6.83. The molecule has 19 heavy (non-hydrogen) atoms. The summed E-state index contributed by atoms with van der Waals surface area (Å²) in [5, 5.41) is 3.44. The van der Waals surface area contributed by atoms with Gasteiger partial charge < -0.3 is 5.32 Å². The van der Waals surface area contributed by atoms with Crippen molar-refractivity contribution in [3.63, 3.8) is 0 Å². The second kappa shape index (κ2) is 5.95. The van der Waals surface area contributed by atoms with Crippen molar-refractivity contribution in [3.8, 4) is 0 Å². The summed E-state index contributed by atoms with van der Waals surface area (Å²) in [6, 6.07) is 8.85. The molecule has 4 heteroatoms. The maximum absolute atomic E-state index is 12.1. The highest BCUT2D eigenvalue weighted by atomic mass is 19.4. The van der Waals surface area contributed by atoms with E-state index in [1.807, 2.05) is 19.1 Å². The van der Waals surface area contributed by atoms with E-state index in [4.69, 9.17) is 0 Å². The Balaban J connectivity index is 1.72. The lowest BCUT2D eigenvalue weighted by atomic mass is 10.1. The highest BCUT2D eigenvalue weighted by Gasteiger charge is 2.27. The fourth-order valence-electron chi connectivity index (χ4n) is 2.77. The van der Waals surface area contributed by atoms with Gasteiger partial charge in [0.05, 0.1) is 0 Å². The number of alkyl halides is 3. The van der Waals surface area contributed by atoms with Crippen LogP contribution in [0, 0.1) is 0 Å². The molecule has 0 spiro atoms. The number of benzene rings is 1. The Kier molecular flexibility index (Phi) is 4.50. The first-order valence-electron chi connectivity index (χ1n) is 6.83. The van der Waals surface area contributed by atoms with Gasteiger partial charge in [-0.25, -0.2) is 0 Å². The van der Waals surface area contributed by atoms with Gasteiger partial charge >= 0.3 is 6.18 Å². The Labute approximate surface area is 112 Å².